The molecule has 1 N–H and O–H groups in total. The van der Waals surface area contributed by atoms with Crippen LogP contribution in [0.3, 0.4) is 0 Å². The van der Waals surface area contributed by atoms with Gasteiger partial charge in [-0.2, -0.15) is 10.1 Å². The van der Waals surface area contributed by atoms with E-state index >= 15 is 0 Å². The fraction of sp³-hybridized carbons (Fsp3) is 0.200. The lowest BCUT2D eigenvalue weighted by molar-refractivity contribution is 0.201. The summed E-state index contributed by atoms with van der Waals surface area (Å²) in [6.45, 7) is 1.21. The predicted molar refractivity (Wildman–Crippen MR) is 132 cm³/mol. The number of aromatic amines is 1. The number of benzene rings is 2. The predicted octanol–water partition coefficient (Wildman–Crippen LogP) is 3.13. The first-order chi connectivity index (χ1) is 17.0. The lowest BCUT2D eigenvalue weighted by atomic mass is 10.2. The summed E-state index contributed by atoms with van der Waals surface area (Å²) in [5.41, 5.74) is 1.56. The summed E-state index contributed by atoms with van der Waals surface area (Å²) in [7, 11) is 3.90. The molecule has 0 spiro atoms. The fourth-order valence-electron chi connectivity index (χ4n) is 4.60. The van der Waals surface area contributed by atoms with E-state index in [0.29, 0.717) is 41.0 Å². The zero-order chi connectivity index (χ0) is 24.1. The molecule has 0 amide bonds. The molecule has 0 saturated carbocycles. The average Bonchev–Trinajstić information content (AvgIpc) is 3.36. The van der Waals surface area contributed by atoms with Crippen LogP contribution in [0.5, 0.6) is 5.75 Å². The number of nitrogens with one attached hydrogen (secondary N) is 1. The van der Waals surface area contributed by atoms with Gasteiger partial charge in [0.25, 0.3) is 5.56 Å². The Kier molecular flexibility index (Phi) is 4.87. The van der Waals surface area contributed by atoms with Crippen LogP contribution in [0.4, 0.5) is 16.0 Å². The van der Waals surface area contributed by atoms with Crippen LogP contribution >= 0.6 is 0 Å². The molecule has 4 heterocycles. The molecule has 35 heavy (non-hydrogen) atoms. The summed E-state index contributed by atoms with van der Waals surface area (Å²) in [5, 5.41) is 7.77. The smallest absolute Gasteiger partial charge is 0.267 e. The maximum Gasteiger partial charge on any atom is 0.267 e. The molecule has 176 valence electrons. The van der Waals surface area contributed by atoms with E-state index in [1.54, 1.807) is 24.4 Å². The van der Waals surface area contributed by atoms with E-state index in [1.807, 2.05) is 43.3 Å². The molecule has 0 saturated heterocycles. The van der Waals surface area contributed by atoms with Crippen LogP contribution in [0.2, 0.25) is 0 Å². The van der Waals surface area contributed by atoms with E-state index < -0.39 is 11.4 Å². The lowest BCUT2D eigenvalue weighted by Crippen LogP contribution is -2.44. The number of anilines is 2. The average molecular weight is 471 g/mol. The van der Waals surface area contributed by atoms with E-state index in [1.165, 1.54) is 16.8 Å². The quantitative estimate of drug-likeness (QED) is 0.431. The number of likely N-dealkylation sites (N-methyl/N-ethyl adjacent to an activating group) is 2. The van der Waals surface area contributed by atoms with Gasteiger partial charge >= 0.3 is 0 Å². The second kappa shape index (κ2) is 8.08. The zero-order valence-corrected chi connectivity index (χ0v) is 19.1. The van der Waals surface area contributed by atoms with Crippen molar-refractivity contribution in [1.82, 2.24) is 24.7 Å². The van der Waals surface area contributed by atoms with Gasteiger partial charge in [-0.3, -0.25) is 14.5 Å². The minimum atomic E-state index is -0.524. The molecule has 1 aliphatic rings. The Morgan fingerprint density at radius 1 is 1.11 bits per heavy atom. The highest BCUT2D eigenvalue weighted by Gasteiger charge is 2.25. The molecule has 0 radical (unpaired) electrons. The molecular formula is C25H22FN7O2. The molecule has 5 aromatic rings. The first-order valence-electron chi connectivity index (χ1n) is 11.2. The summed E-state index contributed by atoms with van der Waals surface area (Å²) in [6.07, 6.45) is 2.95. The van der Waals surface area contributed by atoms with Gasteiger partial charge in [-0.05, 0) is 24.3 Å². The highest BCUT2D eigenvalue weighted by molar-refractivity contribution is 6.02. The molecule has 0 bridgehead atoms. The minimum Gasteiger partial charge on any atom is -0.485 e. The summed E-state index contributed by atoms with van der Waals surface area (Å²) >= 11 is 0. The number of para-hydroxylation sites is 3. The van der Waals surface area contributed by atoms with Gasteiger partial charge in [0.15, 0.2) is 5.65 Å². The number of aromatic nitrogens is 5. The van der Waals surface area contributed by atoms with Crippen molar-refractivity contribution in [3.63, 3.8) is 0 Å². The minimum absolute atomic E-state index is 0.117. The van der Waals surface area contributed by atoms with E-state index in [0.717, 1.165) is 11.4 Å². The second-order valence-electron chi connectivity index (χ2n) is 8.63. The van der Waals surface area contributed by atoms with Crippen LogP contribution in [0.1, 0.15) is 0 Å². The Morgan fingerprint density at radius 2 is 1.89 bits per heavy atom. The normalized spacial score (nSPS) is 15.3. The summed E-state index contributed by atoms with van der Waals surface area (Å²) in [4.78, 5) is 26.6. The number of H-pyrrole nitrogens is 1. The molecule has 2 aromatic carbocycles. The second-order valence-corrected chi connectivity index (χ2v) is 8.63. The van der Waals surface area contributed by atoms with Crippen molar-refractivity contribution in [3.8, 4) is 11.4 Å². The standard InChI is InChI=1S/C25H22FN7O2/c1-31-13-15(35-21-10-6-5-9-20(21)31)14-32(2)25-27-11-16-22-17(12-28-30-22)24(34)33(23(16)29-25)19-8-4-3-7-18(19)26/h3-12,15H,13-14H2,1-2H3,(H,28,30). The number of nitrogens with zero attached hydrogens (tertiary/aromatic N) is 6. The highest BCUT2D eigenvalue weighted by atomic mass is 19.1. The van der Waals surface area contributed by atoms with E-state index in [4.69, 9.17) is 9.72 Å². The molecule has 3 aromatic heterocycles. The van der Waals surface area contributed by atoms with Gasteiger partial charge in [0.2, 0.25) is 5.95 Å². The number of pyridine rings is 1. The first kappa shape index (κ1) is 21.1. The molecule has 10 heteroatoms. The third-order valence-corrected chi connectivity index (χ3v) is 6.27. The number of hydrogen-bond donors (Lipinski definition) is 1. The van der Waals surface area contributed by atoms with E-state index in [-0.39, 0.29) is 11.8 Å². The molecule has 6 rings (SSSR count). The summed E-state index contributed by atoms with van der Waals surface area (Å²) in [5.74, 6) is 0.699. The van der Waals surface area contributed by atoms with Crippen molar-refractivity contribution in [3.05, 3.63) is 77.1 Å². The van der Waals surface area contributed by atoms with E-state index in [9.17, 15) is 9.18 Å². The molecule has 0 aliphatic carbocycles. The number of halogens is 1. The maximum atomic E-state index is 14.8. The summed E-state index contributed by atoms with van der Waals surface area (Å²) in [6, 6.07) is 14.0. The van der Waals surface area contributed by atoms with Gasteiger partial charge in [0, 0.05) is 20.3 Å². The van der Waals surface area contributed by atoms with Crippen molar-refractivity contribution in [1.29, 1.82) is 0 Å². The van der Waals surface area contributed by atoms with Crippen LogP contribution < -0.4 is 20.1 Å². The molecule has 1 unspecified atom stereocenters. The molecule has 0 fully saturated rings. The van der Waals surface area contributed by atoms with Crippen LogP contribution in [0.15, 0.2) is 65.7 Å². The largest absolute Gasteiger partial charge is 0.485 e. The SMILES string of the molecule is CN(CC1CN(C)c2ccccc2O1)c1ncc2c3[nH]ncc3c(=O)n(-c3ccccc3F)c2n1. The number of ether oxygens (including phenoxy) is 1. The number of fused-ring (bicyclic) bond motifs is 4. The van der Waals surface area contributed by atoms with Crippen LogP contribution in [0.25, 0.3) is 27.6 Å². The zero-order valence-electron chi connectivity index (χ0n) is 19.1. The maximum absolute atomic E-state index is 14.8. The Labute approximate surface area is 199 Å². The van der Waals surface area contributed by atoms with Crippen LogP contribution in [0, 0.1) is 5.82 Å². The van der Waals surface area contributed by atoms with Gasteiger partial charge in [-0.25, -0.2) is 9.37 Å². The number of hydrogen-bond acceptors (Lipinski definition) is 7. The third-order valence-electron chi connectivity index (χ3n) is 6.27. The summed E-state index contributed by atoms with van der Waals surface area (Å²) < 4.78 is 22.3. The Bertz CT molecular complexity index is 1630. The van der Waals surface area contributed by atoms with Gasteiger partial charge in [-0.15, -0.1) is 0 Å². The van der Waals surface area contributed by atoms with Gasteiger partial charge < -0.3 is 14.5 Å². The lowest BCUT2D eigenvalue weighted by Gasteiger charge is -2.35. The first-order valence-corrected chi connectivity index (χ1v) is 11.2. The van der Waals surface area contributed by atoms with Gasteiger partial charge in [-0.1, -0.05) is 24.3 Å². The Morgan fingerprint density at radius 3 is 2.71 bits per heavy atom. The molecule has 1 aliphatic heterocycles. The Hall–Kier alpha value is -4.47. The molecular weight excluding hydrogens is 449 g/mol. The Balaban J connectivity index is 1.42. The molecule has 1 atom stereocenters. The van der Waals surface area contributed by atoms with Crippen molar-refractivity contribution >= 4 is 33.6 Å². The van der Waals surface area contributed by atoms with Crippen molar-refractivity contribution in [2.24, 2.45) is 0 Å². The van der Waals surface area contributed by atoms with Crippen molar-refractivity contribution in [2.75, 3.05) is 37.0 Å². The monoisotopic (exact) mass is 471 g/mol. The van der Waals surface area contributed by atoms with E-state index in [2.05, 4.69) is 20.1 Å². The number of rotatable bonds is 4. The van der Waals surface area contributed by atoms with Crippen molar-refractivity contribution in [2.45, 2.75) is 6.10 Å². The highest BCUT2D eigenvalue weighted by Crippen LogP contribution is 2.32. The van der Waals surface area contributed by atoms with Crippen LogP contribution in [-0.2, 0) is 0 Å². The topological polar surface area (TPSA) is 92.2 Å². The van der Waals surface area contributed by atoms with Gasteiger partial charge in [0.1, 0.15) is 17.7 Å². The third kappa shape index (κ3) is 3.45. The molecule has 9 nitrogen and oxygen atoms in total. The van der Waals surface area contributed by atoms with Crippen LogP contribution in [-0.4, -0.2) is 58.0 Å². The van der Waals surface area contributed by atoms with Crippen molar-refractivity contribution < 1.29 is 9.13 Å². The fourth-order valence-corrected chi connectivity index (χ4v) is 4.60. The van der Waals surface area contributed by atoms with Gasteiger partial charge in [0.05, 0.1) is 47.0 Å².